The van der Waals surface area contributed by atoms with E-state index < -0.39 is 15.7 Å². The number of esters is 1. The standard InChI is InChI=1S/C16H14BrCl2NO3S/c1-15(8-16(15,18)19)14(21)23-6-10-7-24-13(20-10)11-5-9(17)3-4-12(11)22-2/h3-5,7H,6,8H2,1-2H3/t15-/m1/s1. The fourth-order valence-electron chi connectivity index (χ4n) is 2.26. The Morgan fingerprint density at radius 1 is 1.46 bits per heavy atom. The molecule has 1 atom stereocenters. The molecular weight excluding hydrogens is 437 g/mol. The van der Waals surface area contributed by atoms with Gasteiger partial charge in [-0.05, 0) is 25.1 Å². The number of hydrogen-bond donors (Lipinski definition) is 0. The lowest BCUT2D eigenvalue weighted by molar-refractivity contribution is -0.151. The molecular formula is C16H14BrCl2NO3S. The average Bonchev–Trinajstić information content (AvgIpc) is 2.90. The zero-order valence-electron chi connectivity index (χ0n) is 12.9. The minimum absolute atomic E-state index is 0.0884. The number of carbonyl (C=O) groups is 1. The first kappa shape index (κ1) is 18.0. The monoisotopic (exact) mass is 449 g/mol. The van der Waals surface area contributed by atoms with Gasteiger partial charge in [0.1, 0.15) is 27.1 Å². The molecule has 24 heavy (non-hydrogen) atoms. The number of carbonyl (C=O) groups excluding carboxylic acids is 1. The minimum atomic E-state index is -1.03. The number of halogens is 3. The van der Waals surface area contributed by atoms with Crippen LogP contribution in [0.2, 0.25) is 0 Å². The Morgan fingerprint density at radius 3 is 2.79 bits per heavy atom. The largest absolute Gasteiger partial charge is 0.496 e. The van der Waals surface area contributed by atoms with E-state index in [4.69, 9.17) is 32.7 Å². The zero-order valence-corrected chi connectivity index (χ0v) is 16.9. The third-order valence-electron chi connectivity index (χ3n) is 4.00. The van der Waals surface area contributed by atoms with Gasteiger partial charge in [0, 0.05) is 16.3 Å². The van der Waals surface area contributed by atoms with Crippen molar-refractivity contribution in [3.05, 3.63) is 33.7 Å². The molecule has 0 amide bonds. The lowest BCUT2D eigenvalue weighted by atomic mass is 10.1. The van der Waals surface area contributed by atoms with Gasteiger partial charge in [-0.3, -0.25) is 4.79 Å². The summed E-state index contributed by atoms with van der Waals surface area (Å²) in [5.74, 6) is 0.331. The predicted molar refractivity (Wildman–Crippen MR) is 98.8 cm³/mol. The lowest BCUT2D eigenvalue weighted by Gasteiger charge is -2.10. The van der Waals surface area contributed by atoms with E-state index in [-0.39, 0.29) is 6.61 Å². The Kier molecular flexibility index (Phi) is 4.86. The number of nitrogens with zero attached hydrogens (tertiary/aromatic N) is 1. The van der Waals surface area contributed by atoms with Crippen molar-refractivity contribution < 1.29 is 14.3 Å². The molecule has 1 aromatic carbocycles. The fraction of sp³-hybridized carbons (Fsp3) is 0.375. The molecule has 0 unspecified atom stereocenters. The molecule has 1 aromatic heterocycles. The van der Waals surface area contributed by atoms with E-state index in [1.54, 1.807) is 14.0 Å². The van der Waals surface area contributed by atoms with E-state index in [1.165, 1.54) is 11.3 Å². The smallest absolute Gasteiger partial charge is 0.315 e. The molecule has 4 nitrogen and oxygen atoms in total. The molecule has 1 heterocycles. The molecule has 0 bridgehead atoms. The number of benzene rings is 1. The van der Waals surface area contributed by atoms with Gasteiger partial charge in [0.2, 0.25) is 0 Å². The molecule has 1 fully saturated rings. The quantitative estimate of drug-likeness (QED) is 0.463. The summed E-state index contributed by atoms with van der Waals surface area (Å²) < 4.78 is 10.6. The molecule has 8 heteroatoms. The summed E-state index contributed by atoms with van der Waals surface area (Å²) in [5.41, 5.74) is 0.719. The first-order valence-electron chi connectivity index (χ1n) is 7.10. The summed E-state index contributed by atoms with van der Waals surface area (Å²) in [7, 11) is 1.62. The summed E-state index contributed by atoms with van der Waals surface area (Å²) in [6.45, 7) is 1.79. The number of thiazole rings is 1. The van der Waals surface area contributed by atoms with Crippen LogP contribution in [0, 0.1) is 5.41 Å². The Balaban J connectivity index is 1.71. The number of ether oxygens (including phenoxy) is 2. The molecule has 1 saturated carbocycles. The van der Waals surface area contributed by atoms with Crippen LogP contribution in [0.3, 0.4) is 0 Å². The van der Waals surface area contributed by atoms with Crippen LogP contribution in [-0.4, -0.2) is 22.4 Å². The summed E-state index contributed by atoms with van der Waals surface area (Å²) in [6, 6.07) is 5.71. The second-order valence-electron chi connectivity index (χ2n) is 5.78. The van der Waals surface area contributed by atoms with E-state index in [1.807, 2.05) is 23.6 Å². The maximum atomic E-state index is 12.1. The molecule has 1 aliphatic rings. The Morgan fingerprint density at radius 2 is 2.17 bits per heavy atom. The van der Waals surface area contributed by atoms with Gasteiger partial charge in [0.15, 0.2) is 0 Å². The van der Waals surface area contributed by atoms with Crippen LogP contribution < -0.4 is 4.74 Å². The van der Waals surface area contributed by atoms with E-state index in [0.29, 0.717) is 12.1 Å². The van der Waals surface area contributed by atoms with Crippen LogP contribution in [0.25, 0.3) is 10.6 Å². The number of hydrogen-bond acceptors (Lipinski definition) is 5. The molecule has 3 rings (SSSR count). The molecule has 0 saturated heterocycles. The van der Waals surface area contributed by atoms with Gasteiger partial charge in [-0.2, -0.15) is 0 Å². The number of rotatable bonds is 5. The topological polar surface area (TPSA) is 48.4 Å². The summed E-state index contributed by atoms with van der Waals surface area (Å²) >= 11 is 16.9. The van der Waals surface area contributed by atoms with Crippen LogP contribution in [0.4, 0.5) is 0 Å². The van der Waals surface area contributed by atoms with Crippen LogP contribution >= 0.6 is 50.5 Å². The van der Waals surface area contributed by atoms with Gasteiger partial charge in [0.25, 0.3) is 0 Å². The first-order valence-corrected chi connectivity index (χ1v) is 9.53. The molecule has 0 spiro atoms. The third-order valence-corrected chi connectivity index (χ3v) is 6.52. The van der Waals surface area contributed by atoms with Gasteiger partial charge in [0.05, 0.1) is 18.4 Å². The maximum Gasteiger partial charge on any atom is 0.315 e. The van der Waals surface area contributed by atoms with Crippen molar-refractivity contribution in [2.24, 2.45) is 5.41 Å². The highest BCUT2D eigenvalue weighted by atomic mass is 79.9. The summed E-state index contributed by atoms with van der Waals surface area (Å²) in [4.78, 5) is 16.6. The lowest BCUT2D eigenvalue weighted by Crippen LogP contribution is -2.21. The summed E-state index contributed by atoms with van der Waals surface area (Å²) in [5, 5.41) is 2.65. The zero-order chi connectivity index (χ0) is 17.5. The first-order chi connectivity index (χ1) is 11.3. The van der Waals surface area contributed by atoms with Crippen molar-refractivity contribution in [3.8, 4) is 16.3 Å². The van der Waals surface area contributed by atoms with Crippen molar-refractivity contribution in [1.29, 1.82) is 0 Å². The maximum absolute atomic E-state index is 12.1. The highest BCUT2D eigenvalue weighted by molar-refractivity contribution is 9.10. The SMILES string of the molecule is COc1ccc(Br)cc1-c1nc(COC(=O)[C@@]2(C)CC2(Cl)Cl)cs1. The van der Waals surface area contributed by atoms with Gasteiger partial charge < -0.3 is 9.47 Å². The van der Waals surface area contributed by atoms with E-state index in [0.717, 1.165) is 20.8 Å². The van der Waals surface area contributed by atoms with E-state index in [9.17, 15) is 4.79 Å². The van der Waals surface area contributed by atoms with Crippen LogP contribution in [0.5, 0.6) is 5.75 Å². The molecule has 0 N–H and O–H groups in total. The fourth-order valence-corrected chi connectivity index (χ4v) is 4.14. The van der Waals surface area contributed by atoms with E-state index in [2.05, 4.69) is 20.9 Å². The minimum Gasteiger partial charge on any atom is -0.496 e. The van der Waals surface area contributed by atoms with Gasteiger partial charge in [-0.25, -0.2) is 4.98 Å². The van der Waals surface area contributed by atoms with Gasteiger partial charge >= 0.3 is 5.97 Å². The van der Waals surface area contributed by atoms with Crippen LogP contribution in [0.15, 0.2) is 28.1 Å². The molecule has 0 radical (unpaired) electrons. The highest BCUT2D eigenvalue weighted by Crippen LogP contribution is 2.64. The Bertz CT molecular complexity index is 795. The number of methoxy groups -OCH3 is 1. The van der Waals surface area contributed by atoms with Gasteiger partial charge in [-0.1, -0.05) is 15.9 Å². The van der Waals surface area contributed by atoms with Crippen molar-refractivity contribution in [1.82, 2.24) is 4.98 Å². The van der Waals surface area contributed by atoms with Crippen LogP contribution in [-0.2, 0) is 16.1 Å². The van der Waals surface area contributed by atoms with Crippen molar-refractivity contribution in [3.63, 3.8) is 0 Å². The van der Waals surface area contributed by atoms with Crippen molar-refractivity contribution >= 4 is 56.4 Å². The predicted octanol–water partition coefficient (Wildman–Crippen LogP) is 5.21. The van der Waals surface area contributed by atoms with E-state index >= 15 is 0 Å². The Hall–Kier alpha value is -0.820. The molecule has 2 aromatic rings. The van der Waals surface area contributed by atoms with Crippen molar-refractivity contribution in [2.75, 3.05) is 7.11 Å². The number of alkyl halides is 2. The van der Waals surface area contributed by atoms with Crippen molar-refractivity contribution in [2.45, 2.75) is 24.3 Å². The van der Waals surface area contributed by atoms with Gasteiger partial charge in [-0.15, -0.1) is 34.5 Å². The number of aromatic nitrogens is 1. The Labute approximate surface area is 162 Å². The second kappa shape index (κ2) is 6.48. The summed E-state index contributed by atoms with van der Waals surface area (Å²) in [6.07, 6.45) is 0.402. The molecule has 0 aliphatic heterocycles. The van der Waals surface area contributed by atoms with Crippen LogP contribution in [0.1, 0.15) is 19.0 Å². The highest BCUT2D eigenvalue weighted by Gasteiger charge is 2.69. The average molecular weight is 451 g/mol. The molecule has 1 aliphatic carbocycles. The third kappa shape index (κ3) is 3.29. The normalized spacial score (nSPS) is 21.4. The second-order valence-corrected chi connectivity index (χ2v) is 9.04. The molecule has 128 valence electrons.